The summed E-state index contributed by atoms with van der Waals surface area (Å²) in [5.74, 6) is -0.150. The van der Waals surface area contributed by atoms with Crippen molar-refractivity contribution in [3.05, 3.63) is 35.6 Å². The maximum atomic E-state index is 13.1. The zero-order valence-corrected chi connectivity index (χ0v) is 13.1. The van der Waals surface area contributed by atoms with Crippen molar-refractivity contribution in [1.82, 2.24) is 10.2 Å². The van der Waals surface area contributed by atoms with Gasteiger partial charge in [0.15, 0.2) is 0 Å². The topological polar surface area (TPSA) is 49.4 Å². The zero-order chi connectivity index (χ0) is 16.1. The largest absolute Gasteiger partial charge is 0.350 e. The minimum atomic E-state index is -0.389. The van der Waals surface area contributed by atoms with Gasteiger partial charge in [-0.25, -0.2) is 4.39 Å². The standard InChI is InChI=1S/C17H23FN2O2/c1-12(2)9-16(21)20-8-4-7-15(20)17(22)19-11-13-5-3-6-14(18)10-13/h3,5-6,10,12,15H,4,7-9,11H2,1-2H3,(H,19,22). The summed E-state index contributed by atoms with van der Waals surface area (Å²) in [5.41, 5.74) is 0.714. The van der Waals surface area contributed by atoms with E-state index in [1.807, 2.05) is 13.8 Å². The smallest absolute Gasteiger partial charge is 0.243 e. The first kappa shape index (κ1) is 16.5. The number of nitrogens with one attached hydrogen (secondary N) is 1. The van der Waals surface area contributed by atoms with Crippen molar-refractivity contribution in [3.63, 3.8) is 0 Å². The molecule has 1 aromatic rings. The van der Waals surface area contributed by atoms with E-state index >= 15 is 0 Å². The minimum absolute atomic E-state index is 0.0402. The molecule has 1 aliphatic rings. The van der Waals surface area contributed by atoms with Crippen LogP contribution in [-0.4, -0.2) is 29.3 Å². The van der Waals surface area contributed by atoms with Crippen LogP contribution in [0.1, 0.15) is 38.7 Å². The molecule has 1 fully saturated rings. The van der Waals surface area contributed by atoms with E-state index in [0.29, 0.717) is 24.9 Å². The molecule has 22 heavy (non-hydrogen) atoms. The third kappa shape index (κ3) is 4.29. The van der Waals surface area contributed by atoms with E-state index in [0.717, 1.165) is 6.42 Å². The highest BCUT2D eigenvalue weighted by Gasteiger charge is 2.33. The number of halogens is 1. The van der Waals surface area contributed by atoms with Crippen LogP contribution in [0, 0.1) is 11.7 Å². The fraction of sp³-hybridized carbons (Fsp3) is 0.529. The van der Waals surface area contributed by atoms with E-state index in [1.54, 1.807) is 17.0 Å². The molecule has 0 aliphatic carbocycles. The van der Waals surface area contributed by atoms with Crippen molar-refractivity contribution in [2.75, 3.05) is 6.54 Å². The Kier molecular flexibility index (Phi) is 5.52. The lowest BCUT2D eigenvalue weighted by Gasteiger charge is -2.24. The Bertz CT molecular complexity index is 545. The number of nitrogens with zero attached hydrogens (tertiary/aromatic N) is 1. The van der Waals surface area contributed by atoms with Crippen molar-refractivity contribution in [3.8, 4) is 0 Å². The summed E-state index contributed by atoms with van der Waals surface area (Å²) in [5, 5.41) is 2.81. The van der Waals surface area contributed by atoms with E-state index in [9.17, 15) is 14.0 Å². The van der Waals surface area contributed by atoms with Gasteiger partial charge in [-0.1, -0.05) is 26.0 Å². The average molecular weight is 306 g/mol. The zero-order valence-electron chi connectivity index (χ0n) is 13.1. The van der Waals surface area contributed by atoms with Crippen LogP contribution in [0.25, 0.3) is 0 Å². The normalized spacial score (nSPS) is 17.8. The lowest BCUT2D eigenvalue weighted by Crippen LogP contribution is -2.46. The van der Waals surface area contributed by atoms with Crippen LogP contribution in [0.4, 0.5) is 4.39 Å². The van der Waals surface area contributed by atoms with E-state index in [2.05, 4.69) is 5.32 Å². The predicted octanol–water partition coefficient (Wildman–Crippen LogP) is 2.48. The Labute approximate surface area is 130 Å². The van der Waals surface area contributed by atoms with E-state index in [1.165, 1.54) is 12.1 Å². The molecule has 0 spiro atoms. The first-order valence-electron chi connectivity index (χ1n) is 7.79. The first-order chi connectivity index (χ1) is 10.5. The van der Waals surface area contributed by atoms with Crippen LogP contribution in [-0.2, 0) is 16.1 Å². The number of benzene rings is 1. The van der Waals surface area contributed by atoms with Gasteiger partial charge in [-0.05, 0) is 36.5 Å². The SMILES string of the molecule is CC(C)CC(=O)N1CCCC1C(=O)NCc1cccc(F)c1. The van der Waals surface area contributed by atoms with Gasteiger partial charge in [-0.15, -0.1) is 0 Å². The second-order valence-corrected chi connectivity index (χ2v) is 6.19. The number of rotatable bonds is 5. The Balaban J connectivity index is 1.92. The molecule has 0 saturated carbocycles. The quantitative estimate of drug-likeness (QED) is 0.908. The Morgan fingerprint density at radius 1 is 1.41 bits per heavy atom. The molecule has 1 N–H and O–H groups in total. The average Bonchev–Trinajstić information content (AvgIpc) is 2.93. The van der Waals surface area contributed by atoms with Gasteiger partial charge in [0.05, 0.1) is 0 Å². The molecule has 4 nitrogen and oxygen atoms in total. The fourth-order valence-electron chi connectivity index (χ4n) is 2.76. The number of amides is 2. The molecule has 0 radical (unpaired) electrons. The Morgan fingerprint density at radius 2 is 2.18 bits per heavy atom. The summed E-state index contributed by atoms with van der Waals surface area (Å²) in [6.07, 6.45) is 2.01. The van der Waals surface area contributed by atoms with Crippen molar-refractivity contribution in [2.45, 2.75) is 45.7 Å². The number of hydrogen-bond donors (Lipinski definition) is 1. The van der Waals surface area contributed by atoms with Gasteiger partial charge < -0.3 is 10.2 Å². The maximum absolute atomic E-state index is 13.1. The third-order valence-corrected chi connectivity index (χ3v) is 3.81. The molecule has 1 heterocycles. The van der Waals surface area contributed by atoms with Crippen LogP contribution < -0.4 is 5.32 Å². The second-order valence-electron chi connectivity index (χ2n) is 6.19. The van der Waals surface area contributed by atoms with E-state index < -0.39 is 0 Å². The van der Waals surface area contributed by atoms with Gasteiger partial charge in [0.2, 0.25) is 11.8 Å². The summed E-state index contributed by atoms with van der Waals surface area (Å²) in [6, 6.07) is 5.76. The van der Waals surface area contributed by atoms with Gasteiger partial charge in [0.1, 0.15) is 11.9 Å². The van der Waals surface area contributed by atoms with Gasteiger partial charge in [0.25, 0.3) is 0 Å². The molecule has 0 bridgehead atoms. The maximum Gasteiger partial charge on any atom is 0.243 e. The molecule has 2 rings (SSSR count). The number of carbonyl (C=O) groups is 2. The molecule has 1 atom stereocenters. The van der Waals surface area contributed by atoms with Crippen molar-refractivity contribution in [1.29, 1.82) is 0 Å². The van der Waals surface area contributed by atoms with Crippen LogP contribution in [0.3, 0.4) is 0 Å². The second kappa shape index (κ2) is 7.38. The van der Waals surface area contributed by atoms with E-state index in [4.69, 9.17) is 0 Å². The molecule has 5 heteroatoms. The molecule has 1 saturated heterocycles. The fourth-order valence-corrected chi connectivity index (χ4v) is 2.76. The molecule has 1 unspecified atom stereocenters. The van der Waals surface area contributed by atoms with Crippen molar-refractivity contribution < 1.29 is 14.0 Å². The number of likely N-dealkylation sites (tertiary alicyclic amines) is 1. The highest BCUT2D eigenvalue weighted by Crippen LogP contribution is 2.20. The van der Waals surface area contributed by atoms with Crippen LogP contribution >= 0.6 is 0 Å². The number of hydrogen-bond acceptors (Lipinski definition) is 2. The molecule has 2 amide bonds. The summed E-state index contributed by atoms with van der Waals surface area (Å²) >= 11 is 0. The van der Waals surface area contributed by atoms with Gasteiger partial charge in [-0.3, -0.25) is 9.59 Å². The monoisotopic (exact) mass is 306 g/mol. The molecule has 0 aromatic heterocycles. The Hall–Kier alpha value is -1.91. The van der Waals surface area contributed by atoms with Crippen LogP contribution in [0.2, 0.25) is 0 Å². The molecule has 1 aliphatic heterocycles. The van der Waals surface area contributed by atoms with E-state index in [-0.39, 0.29) is 36.1 Å². The van der Waals surface area contributed by atoms with Gasteiger partial charge in [0, 0.05) is 19.5 Å². The summed E-state index contributed by atoms with van der Waals surface area (Å²) < 4.78 is 13.1. The van der Waals surface area contributed by atoms with Gasteiger partial charge >= 0.3 is 0 Å². The van der Waals surface area contributed by atoms with Crippen LogP contribution in [0.5, 0.6) is 0 Å². The van der Waals surface area contributed by atoms with Crippen LogP contribution in [0.15, 0.2) is 24.3 Å². The summed E-state index contributed by atoms with van der Waals surface area (Å²) in [6.45, 7) is 4.91. The number of carbonyl (C=O) groups excluding carboxylic acids is 2. The molecular weight excluding hydrogens is 283 g/mol. The lowest BCUT2D eigenvalue weighted by atomic mass is 10.1. The third-order valence-electron chi connectivity index (χ3n) is 3.81. The molecule has 1 aromatic carbocycles. The molecular formula is C17H23FN2O2. The summed E-state index contributed by atoms with van der Waals surface area (Å²) in [7, 11) is 0. The van der Waals surface area contributed by atoms with Crippen molar-refractivity contribution in [2.24, 2.45) is 5.92 Å². The van der Waals surface area contributed by atoms with Crippen molar-refractivity contribution >= 4 is 11.8 Å². The Morgan fingerprint density at radius 3 is 2.86 bits per heavy atom. The predicted molar refractivity (Wildman–Crippen MR) is 82.4 cm³/mol. The first-order valence-corrected chi connectivity index (χ1v) is 7.79. The summed E-state index contributed by atoms with van der Waals surface area (Å²) in [4.78, 5) is 26.2. The lowest BCUT2D eigenvalue weighted by molar-refractivity contribution is -0.139. The highest BCUT2D eigenvalue weighted by atomic mass is 19.1. The highest BCUT2D eigenvalue weighted by molar-refractivity contribution is 5.88. The van der Waals surface area contributed by atoms with Gasteiger partial charge in [-0.2, -0.15) is 0 Å². The molecule has 120 valence electrons. The minimum Gasteiger partial charge on any atom is -0.350 e.